The summed E-state index contributed by atoms with van der Waals surface area (Å²) in [6.07, 6.45) is 6.22. The second-order valence-corrected chi connectivity index (χ2v) is 13.6. The zero-order chi connectivity index (χ0) is 31.1. The smallest absolute Gasteiger partial charge is 0.407 e. The number of carbonyl (C=O) groups is 1. The highest BCUT2D eigenvalue weighted by Gasteiger charge is 2.32. The Morgan fingerprint density at radius 2 is 1.84 bits per heavy atom. The molecule has 0 spiro atoms. The molecule has 0 bridgehead atoms. The Balaban J connectivity index is 1.17. The highest BCUT2D eigenvalue weighted by Crippen LogP contribution is 2.27. The van der Waals surface area contributed by atoms with Gasteiger partial charge in [0.1, 0.15) is 11.4 Å². The third-order valence-electron chi connectivity index (χ3n) is 8.74. The van der Waals surface area contributed by atoms with Crippen molar-refractivity contribution in [1.82, 2.24) is 20.6 Å². The van der Waals surface area contributed by atoms with Gasteiger partial charge in [0.15, 0.2) is 0 Å². The standard InChI is InChI=1S/C34H53N7O3/c1-6-10-29-24-43-30(22-36-33(42)44-34(3,4)5)23-41(29)32-37-25(2)19-31(38-32)40-17-13-27(14-18-40)35-21-26-11-9-12-28(20-26)39-15-7-8-16-39/h9,11-12,19-20,27,29-30,35H,6-8,10,13-18,21-24H2,1-5H3,(H,36,42). The number of hydrogen-bond acceptors (Lipinski definition) is 9. The molecule has 3 fully saturated rings. The van der Waals surface area contributed by atoms with Crippen LogP contribution in [-0.4, -0.2) is 85.7 Å². The minimum absolute atomic E-state index is 0.166. The molecule has 2 aromatic rings. The maximum absolute atomic E-state index is 12.2. The molecule has 2 atom stereocenters. The lowest BCUT2D eigenvalue weighted by Crippen LogP contribution is -2.54. The van der Waals surface area contributed by atoms with Crippen LogP contribution in [0.4, 0.5) is 22.2 Å². The van der Waals surface area contributed by atoms with Crippen LogP contribution >= 0.6 is 0 Å². The maximum atomic E-state index is 12.2. The van der Waals surface area contributed by atoms with Crippen LogP contribution in [0, 0.1) is 6.92 Å². The van der Waals surface area contributed by atoms with Gasteiger partial charge in [0.25, 0.3) is 0 Å². The lowest BCUT2D eigenvalue weighted by atomic mass is 10.0. The van der Waals surface area contributed by atoms with Gasteiger partial charge in [0, 0.05) is 69.3 Å². The summed E-state index contributed by atoms with van der Waals surface area (Å²) >= 11 is 0. The molecule has 4 heterocycles. The zero-order valence-electron chi connectivity index (χ0n) is 27.5. The largest absolute Gasteiger partial charge is 0.444 e. The number of rotatable bonds is 10. The molecular weight excluding hydrogens is 554 g/mol. The second-order valence-electron chi connectivity index (χ2n) is 13.6. The van der Waals surface area contributed by atoms with Crippen LogP contribution in [0.1, 0.15) is 77.5 Å². The molecule has 242 valence electrons. The highest BCUT2D eigenvalue weighted by atomic mass is 16.6. The number of aromatic nitrogens is 2. The Morgan fingerprint density at radius 3 is 2.57 bits per heavy atom. The van der Waals surface area contributed by atoms with Crippen LogP contribution in [0.25, 0.3) is 0 Å². The quantitative estimate of drug-likeness (QED) is 0.385. The molecule has 1 amide bonds. The molecule has 3 aliphatic rings. The molecule has 3 aliphatic heterocycles. The van der Waals surface area contributed by atoms with Crippen LogP contribution in [0.2, 0.25) is 0 Å². The van der Waals surface area contributed by atoms with Crippen molar-refractivity contribution in [2.45, 2.75) is 103 Å². The first-order valence-corrected chi connectivity index (χ1v) is 16.7. The number of nitrogens with one attached hydrogen (secondary N) is 2. The van der Waals surface area contributed by atoms with Crippen molar-refractivity contribution in [3.05, 3.63) is 41.6 Å². The fraction of sp³-hybridized carbons (Fsp3) is 0.676. The normalized spacial score (nSPS) is 21.5. The Labute approximate surface area is 263 Å². The van der Waals surface area contributed by atoms with E-state index in [4.69, 9.17) is 19.4 Å². The molecule has 1 aromatic heterocycles. The summed E-state index contributed by atoms with van der Waals surface area (Å²) in [6, 6.07) is 11.8. The number of piperidine rings is 1. The van der Waals surface area contributed by atoms with E-state index in [2.05, 4.69) is 69.5 Å². The molecule has 1 aromatic carbocycles. The van der Waals surface area contributed by atoms with E-state index in [9.17, 15) is 4.79 Å². The summed E-state index contributed by atoms with van der Waals surface area (Å²) in [7, 11) is 0. The van der Waals surface area contributed by atoms with E-state index in [0.29, 0.717) is 25.7 Å². The summed E-state index contributed by atoms with van der Waals surface area (Å²) in [5.74, 6) is 1.75. The lowest BCUT2D eigenvalue weighted by molar-refractivity contribution is 0.0116. The third-order valence-corrected chi connectivity index (χ3v) is 8.74. The molecule has 0 saturated carbocycles. The Hall–Kier alpha value is -3.11. The van der Waals surface area contributed by atoms with E-state index in [1.165, 1.54) is 37.2 Å². The lowest BCUT2D eigenvalue weighted by Gasteiger charge is -2.40. The Morgan fingerprint density at radius 1 is 1.07 bits per heavy atom. The summed E-state index contributed by atoms with van der Waals surface area (Å²) in [5, 5.41) is 6.69. The van der Waals surface area contributed by atoms with Crippen molar-refractivity contribution in [1.29, 1.82) is 0 Å². The van der Waals surface area contributed by atoms with Crippen molar-refractivity contribution < 1.29 is 14.3 Å². The van der Waals surface area contributed by atoms with Crippen molar-refractivity contribution in [3.63, 3.8) is 0 Å². The van der Waals surface area contributed by atoms with E-state index in [1.807, 2.05) is 20.8 Å². The number of morpholine rings is 1. The molecule has 2 unspecified atom stereocenters. The van der Waals surface area contributed by atoms with Gasteiger partial charge in [-0.15, -0.1) is 0 Å². The summed E-state index contributed by atoms with van der Waals surface area (Å²) in [5.41, 5.74) is 3.15. The van der Waals surface area contributed by atoms with Crippen molar-refractivity contribution in [2.75, 3.05) is 60.6 Å². The number of ether oxygens (including phenoxy) is 2. The van der Waals surface area contributed by atoms with Crippen molar-refractivity contribution in [3.8, 4) is 0 Å². The SMILES string of the molecule is CCCC1COC(CNC(=O)OC(C)(C)C)CN1c1nc(C)cc(N2CCC(NCc3cccc(N4CCCC4)c3)CC2)n1. The van der Waals surface area contributed by atoms with Gasteiger partial charge in [0.2, 0.25) is 5.95 Å². The number of anilines is 3. The Kier molecular flexibility index (Phi) is 10.8. The molecule has 10 nitrogen and oxygen atoms in total. The molecule has 0 radical (unpaired) electrons. The van der Waals surface area contributed by atoms with Gasteiger partial charge in [-0.2, -0.15) is 4.98 Å². The van der Waals surface area contributed by atoms with Gasteiger partial charge >= 0.3 is 6.09 Å². The molecule has 3 saturated heterocycles. The number of carbonyl (C=O) groups excluding carboxylic acids is 1. The van der Waals surface area contributed by atoms with Crippen LogP contribution in [0.5, 0.6) is 0 Å². The van der Waals surface area contributed by atoms with Gasteiger partial charge in [-0.05, 0) is 77.5 Å². The fourth-order valence-electron chi connectivity index (χ4n) is 6.45. The molecule has 0 aliphatic carbocycles. The number of alkyl carbamates (subject to hydrolysis) is 1. The van der Waals surface area contributed by atoms with Crippen LogP contribution in [0.3, 0.4) is 0 Å². The average Bonchev–Trinajstić information content (AvgIpc) is 3.54. The summed E-state index contributed by atoms with van der Waals surface area (Å²) in [4.78, 5) is 29.4. The number of aryl methyl sites for hydroxylation is 1. The minimum Gasteiger partial charge on any atom is -0.444 e. The molecule has 2 N–H and O–H groups in total. The van der Waals surface area contributed by atoms with Gasteiger partial charge in [-0.1, -0.05) is 25.5 Å². The van der Waals surface area contributed by atoms with Gasteiger partial charge in [0.05, 0.1) is 18.8 Å². The van der Waals surface area contributed by atoms with Gasteiger partial charge in [-0.3, -0.25) is 0 Å². The van der Waals surface area contributed by atoms with E-state index in [0.717, 1.165) is 62.8 Å². The van der Waals surface area contributed by atoms with E-state index in [1.54, 1.807) is 0 Å². The van der Waals surface area contributed by atoms with E-state index < -0.39 is 11.7 Å². The minimum atomic E-state index is -0.537. The van der Waals surface area contributed by atoms with Crippen LogP contribution < -0.4 is 25.3 Å². The third kappa shape index (κ3) is 8.97. The number of nitrogens with zero attached hydrogens (tertiary/aromatic N) is 5. The van der Waals surface area contributed by atoms with Crippen molar-refractivity contribution >= 4 is 23.5 Å². The molecular formula is C34H53N7O3. The topological polar surface area (TPSA) is 95.1 Å². The fourth-order valence-corrected chi connectivity index (χ4v) is 6.45. The molecule has 5 rings (SSSR count). The van der Waals surface area contributed by atoms with Crippen LogP contribution in [-0.2, 0) is 16.0 Å². The number of benzene rings is 1. The maximum Gasteiger partial charge on any atom is 0.407 e. The van der Waals surface area contributed by atoms with Gasteiger partial charge < -0.3 is 34.8 Å². The molecule has 10 heteroatoms. The summed E-state index contributed by atoms with van der Waals surface area (Å²) < 4.78 is 11.6. The summed E-state index contributed by atoms with van der Waals surface area (Å²) in [6.45, 7) is 16.6. The van der Waals surface area contributed by atoms with Gasteiger partial charge in [-0.25, -0.2) is 9.78 Å². The predicted octanol–water partition coefficient (Wildman–Crippen LogP) is 5.04. The van der Waals surface area contributed by atoms with Crippen LogP contribution in [0.15, 0.2) is 30.3 Å². The first-order chi connectivity index (χ1) is 21.2. The molecule has 44 heavy (non-hydrogen) atoms. The van der Waals surface area contributed by atoms with E-state index >= 15 is 0 Å². The van der Waals surface area contributed by atoms with Crippen molar-refractivity contribution in [2.24, 2.45) is 0 Å². The number of amides is 1. The van der Waals surface area contributed by atoms with E-state index in [-0.39, 0.29) is 12.1 Å². The Bertz CT molecular complexity index is 1220. The second kappa shape index (κ2) is 14.8. The first-order valence-electron chi connectivity index (χ1n) is 16.7. The monoisotopic (exact) mass is 607 g/mol. The highest BCUT2D eigenvalue weighted by molar-refractivity contribution is 5.67. The number of hydrogen-bond donors (Lipinski definition) is 2. The average molecular weight is 608 g/mol. The first kappa shape index (κ1) is 32.3. The predicted molar refractivity (Wildman–Crippen MR) is 177 cm³/mol. The zero-order valence-corrected chi connectivity index (χ0v) is 27.5.